The van der Waals surface area contributed by atoms with Crippen LogP contribution in [0.1, 0.15) is 41.6 Å². The van der Waals surface area contributed by atoms with Crippen molar-refractivity contribution in [2.75, 3.05) is 19.4 Å². The molecule has 1 aromatic rings. The van der Waals surface area contributed by atoms with Gasteiger partial charge in [0.2, 0.25) is 0 Å². The van der Waals surface area contributed by atoms with E-state index < -0.39 is 0 Å². The summed E-state index contributed by atoms with van der Waals surface area (Å²) in [5.74, 6) is 0.0405. The molecule has 0 aliphatic heterocycles. The number of anilines is 1. The Morgan fingerprint density at radius 1 is 1.25 bits per heavy atom. The Balaban J connectivity index is 2.11. The van der Waals surface area contributed by atoms with Crippen LogP contribution in [0.25, 0.3) is 0 Å². The number of hydrogen-bond donors (Lipinski definition) is 2. The molecule has 1 fully saturated rings. The van der Waals surface area contributed by atoms with Crippen LogP contribution in [-0.2, 0) is 0 Å². The van der Waals surface area contributed by atoms with Crippen molar-refractivity contribution in [2.24, 2.45) is 5.73 Å². The second kappa shape index (κ2) is 6.27. The molecule has 2 rings (SSSR count). The van der Waals surface area contributed by atoms with Crippen LogP contribution in [0.3, 0.4) is 0 Å². The summed E-state index contributed by atoms with van der Waals surface area (Å²) in [5, 5.41) is 3.58. The third kappa shape index (κ3) is 3.51. The Labute approximate surface area is 121 Å². The number of carbonyl (C=O) groups excluding carboxylic acids is 1. The van der Waals surface area contributed by atoms with Crippen LogP contribution >= 0.6 is 0 Å². The van der Waals surface area contributed by atoms with Crippen molar-refractivity contribution < 1.29 is 4.79 Å². The van der Waals surface area contributed by atoms with Gasteiger partial charge in [-0.15, -0.1) is 0 Å². The molecule has 0 saturated heterocycles. The Morgan fingerprint density at radius 2 is 1.90 bits per heavy atom. The fourth-order valence-electron chi connectivity index (χ4n) is 2.65. The number of carbonyl (C=O) groups is 1. The van der Waals surface area contributed by atoms with E-state index in [2.05, 4.69) is 12.2 Å². The van der Waals surface area contributed by atoms with Crippen LogP contribution in [0, 0.1) is 6.92 Å². The SMILES string of the molecule is Cc1ccc(C(=O)N(C)C)cc1NC1CCC(N)CC1. The third-order valence-electron chi connectivity index (χ3n) is 4.02. The molecule has 0 spiro atoms. The monoisotopic (exact) mass is 275 g/mol. The highest BCUT2D eigenvalue weighted by Crippen LogP contribution is 2.24. The normalized spacial score (nSPS) is 22.4. The van der Waals surface area contributed by atoms with Crippen LogP contribution < -0.4 is 11.1 Å². The molecule has 0 aromatic heterocycles. The van der Waals surface area contributed by atoms with Crippen LogP contribution in [0.4, 0.5) is 5.69 Å². The summed E-state index contributed by atoms with van der Waals surface area (Å²) in [4.78, 5) is 13.6. The van der Waals surface area contributed by atoms with E-state index in [1.54, 1.807) is 19.0 Å². The Hall–Kier alpha value is -1.55. The van der Waals surface area contributed by atoms with Gasteiger partial charge in [0.05, 0.1) is 0 Å². The first kappa shape index (κ1) is 14.9. The van der Waals surface area contributed by atoms with Crippen LogP contribution in [-0.4, -0.2) is 37.0 Å². The predicted molar refractivity (Wildman–Crippen MR) is 83.1 cm³/mol. The van der Waals surface area contributed by atoms with Crippen LogP contribution in [0.15, 0.2) is 18.2 Å². The second-order valence-corrected chi connectivity index (χ2v) is 5.99. The van der Waals surface area contributed by atoms with Crippen molar-refractivity contribution in [3.05, 3.63) is 29.3 Å². The quantitative estimate of drug-likeness (QED) is 0.890. The van der Waals surface area contributed by atoms with Gasteiger partial charge >= 0.3 is 0 Å². The standard InChI is InChI=1S/C16H25N3O/c1-11-4-5-12(16(20)19(2)3)10-15(11)18-14-8-6-13(17)7-9-14/h4-5,10,13-14,18H,6-9,17H2,1-3H3. The first-order chi connectivity index (χ1) is 9.47. The zero-order valence-electron chi connectivity index (χ0n) is 12.6. The molecule has 0 bridgehead atoms. The largest absolute Gasteiger partial charge is 0.382 e. The zero-order valence-corrected chi connectivity index (χ0v) is 12.6. The topological polar surface area (TPSA) is 58.4 Å². The minimum Gasteiger partial charge on any atom is -0.382 e. The van der Waals surface area contributed by atoms with E-state index in [0.29, 0.717) is 12.1 Å². The smallest absolute Gasteiger partial charge is 0.253 e. The molecule has 1 amide bonds. The molecule has 4 nitrogen and oxygen atoms in total. The van der Waals surface area contributed by atoms with Crippen molar-refractivity contribution in [3.63, 3.8) is 0 Å². The molecule has 1 saturated carbocycles. The van der Waals surface area contributed by atoms with Crippen molar-refractivity contribution in [1.82, 2.24) is 4.90 Å². The third-order valence-corrected chi connectivity index (χ3v) is 4.02. The highest BCUT2D eigenvalue weighted by Gasteiger charge is 2.19. The summed E-state index contributed by atoms with van der Waals surface area (Å²) < 4.78 is 0. The summed E-state index contributed by atoms with van der Waals surface area (Å²) in [6, 6.07) is 6.69. The maximum Gasteiger partial charge on any atom is 0.253 e. The number of aryl methyl sites for hydroxylation is 1. The summed E-state index contributed by atoms with van der Waals surface area (Å²) in [6.07, 6.45) is 4.36. The molecule has 0 unspecified atom stereocenters. The summed E-state index contributed by atoms with van der Waals surface area (Å²) in [6.45, 7) is 2.07. The van der Waals surface area contributed by atoms with E-state index >= 15 is 0 Å². The van der Waals surface area contributed by atoms with E-state index in [4.69, 9.17) is 5.73 Å². The van der Waals surface area contributed by atoms with Crippen LogP contribution in [0.2, 0.25) is 0 Å². The van der Waals surface area contributed by atoms with E-state index in [1.807, 2.05) is 18.2 Å². The lowest BCUT2D eigenvalue weighted by Crippen LogP contribution is -2.33. The molecule has 0 heterocycles. The van der Waals surface area contributed by atoms with Gasteiger partial charge in [-0.25, -0.2) is 0 Å². The Morgan fingerprint density at radius 3 is 2.50 bits per heavy atom. The van der Waals surface area contributed by atoms with Crippen molar-refractivity contribution >= 4 is 11.6 Å². The zero-order chi connectivity index (χ0) is 14.7. The van der Waals surface area contributed by atoms with Gasteiger partial charge in [0, 0.05) is 37.4 Å². The Kier molecular flexibility index (Phi) is 4.65. The van der Waals surface area contributed by atoms with Gasteiger partial charge in [0.15, 0.2) is 0 Å². The number of hydrogen-bond acceptors (Lipinski definition) is 3. The fraction of sp³-hybridized carbons (Fsp3) is 0.562. The lowest BCUT2D eigenvalue weighted by Gasteiger charge is -2.28. The molecule has 1 aliphatic rings. The molecule has 20 heavy (non-hydrogen) atoms. The maximum atomic E-state index is 12.0. The van der Waals surface area contributed by atoms with Crippen LogP contribution in [0.5, 0.6) is 0 Å². The summed E-state index contributed by atoms with van der Waals surface area (Å²) in [5.41, 5.74) is 8.92. The van der Waals surface area contributed by atoms with Gasteiger partial charge in [-0.3, -0.25) is 4.79 Å². The number of nitrogens with two attached hydrogens (primary N) is 1. The van der Waals surface area contributed by atoms with Crippen molar-refractivity contribution in [2.45, 2.75) is 44.7 Å². The van der Waals surface area contributed by atoms with Crippen molar-refractivity contribution in [1.29, 1.82) is 0 Å². The van der Waals surface area contributed by atoms with Gasteiger partial charge in [-0.2, -0.15) is 0 Å². The molecule has 0 atom stereocenters. The molecule has 110 valence electrons. The number of benzene rings is 1. The van der Waals surface area contributed by atoms with E-state index in [9.17, 15) is 4.79 Å². The minimum absolute atomic E-state index is 0.0405. The first-order valence-electron chi connectivity index (χ1n) is 7.32. The average molecular weight is 275 g/mol. The van der Waals surface area contributed by atoms with E-state index in [0.717, 1.165) is 36.9 Å². The summed E-state index contributed by atoms with van der Waals surface area (Å²) in [7, 11) is 3.55. The van der Waals surface area contributed by atoms with Gasteiger partial charge in [0.1, 0.15) is 0 Å². The molecule has 4 heteroatoms. The molecule has 1 aromatic carbocycles. The van der Waals surface area contributed by atoms with Gasteiger partial charge in [-0.05, 0) is 50.3 Å². The average Bonchev–Trinajstić information content (AvgIpc) is 2.43. The highest BCUT2D eigenvalue weighted by molar-refractivity contribution is 5.95. The molecular formula is C16H25N3O. The molecular weight excluding hydrogens is 250 g/mol. The Bertz CT molecular complexity index is 477. The number of nitrogens with zero attached hydrogens (tertiary/aromatic N) is 1. The van der Waals surface area contributed by atoms with Crippen molar-refractivity contribution in [3.8, 4) is 0 Å². The molecule has 3 N–H and O–H groups in total. The number of nitrogens with one attached hydrogen (secondary N) is 1. The lowest BCUT2D eigenvalue weighted by atomic mass is 9.91. The minimum atomic E-state index is 0.0405. The van der Waals surface area contributed by atoms with E-state index in [1.165, 1.54) is 5.56 Å². The van der Waals surface area contributed by atoms with Gasteiger partial charge in [-0.1, -0.05) is 6.07 Å². The number of amides is 1. The van der Waals surface area contributed by atoms with Gasteiger partial charge < -0.3 is 16.0 Å². The maximum absolute atomic E-state index is 12.0. The van der Waals surface area contributed by atoms with E-state index in [-0.39, 0.29) is 5.91 Å². The highest BCUT2D eigenvalue weighted by atomic mass is 16.2. The predicted octanol–water partition coefficient (Wildman–Crippen LogP) is 2.38. The number of rotatable bonds is 3. The molecule has 0 radical (unpaired) electrons. The summed E-state index contributed by atoms with van der Waals surface area (Å²) >= 11 is 0. The van der Waals surface area contributed by atoms with Gasteiger partial charge in [0.25, 0.3) is 5.91 Å². The molecule has 1 aliphatic carbocycles. The first-order valence-corrected chi connectivity index (χ1v) is 7.32. The second-order valence-electron chi connectivity index (χ2n) is 5.99. The fourth-order valence-corrected chi connectivity index (χ4v) is 2.65. The lowest BCUT2D eigenvalue weighted by molar-refractivity contribution is 0.0827.